The average molecular weight is 327 g/mol. The molecular weight excluding hydrogens is 310 g/mol. The minimum atomic E-state index is 0.151. The first-order chi connectivity index (χ1) is 12.4. The van der Waals surface area contributed by atoms with Gasteiger partial charge in [-0.15, -0.1) is 0 Å². The van der Waals surface area contributed by atoms with Gasteiger partial charge in [0.1, 0.15) is 12.3 Å². The Balaban J connectivity index is 1.48. The first kappa shape index (κ1) is 14.2. The van der Waals surface area contributed by atoms with E-state index < -0.39 is 0 Å². The molecule has 122 valence electrons. The molecule has 5 rings (SSSR count). The molecule has 1 atom stereocenters. The van der Waals surface area contributed by atoms with Crippen LogP contribution in [0.5, 0.6) is 0 Å². The topological polar surface area (TPSA) is 50.3 Å². The van der Waals surface area contributed by atoms with E-state index in [4.69, 9.17) is 9.73 Å². The Morgan fingerprint density at radius 1 is 0.960 bits per heavy atom. The van der Waals surface area contributed by atoms with E-state index in [-0.39, 0.29) is 6.04 Å². The number of fused-ring (bicyclic) bond motifs is 3. The third-order valence-corrected chi connectivity index (χ3v) is 4.64. The van der Waals surface area contributed by atoms with Crippen molar-refractivity contribution in [2.75, 3.05) is 6.61 Å². The van der Waals surface area contributed by atoms with Gasteiger partial charge in [-0.3, -0.25) is 0 Å². The van der Waals surface area contributed by atoms with E-state index in [1.165, 1.54) is 10.9 Å². The van der Waals surface area contributed by atoms with E-state index in [0.29, 0.717) is 12.5 Å². The van der Waals surface area contributed by atoms with Crippen LogP contribution in [-0.4, -0.2) is 28.5 Å². The summed E-state index contributed by atoms with van der Waals surface area (Å²) in [5, 5.41) is 2.35. The maximum Gasteiger partial charge on any atom is 0.235 e. The molecule has 25 heavy (non-hydrogen) atoms. The van der Waals surface area contributed by atoms with E-state index in [1.807, 2.05) is 18.3 Å². The molecule has 2 aromatic carbocycles. The smallest absolute Gasteiger partial charge is 0.235 e. The van der Waals surface area contributed by atoms with Gasteiger partial charge in [-0.25, -0.2) is 9.98 Å². The Morgan fingerprint density at radius 3 is 2.72 bits per heavy atom. The summed E-state index contributed by atoms with van der Waals surface area (Å²) in [6, 6.07) is 20.9. The predicted octanol–water partition coefficient (Wildman–Crippen LogP) is 4.10. The van der Waals surface area contributed by atoms with Crippen LogP contribution in [0.1, 0.15) is 11.3 Å². The molecule has 2 aromatic heterocycles. The van der Waals surface area contributed by atoms with Crippen LogP contribution >= 0.6 is 0 Å². The molecule has 4 aromatic rings. The van der Waals surface area contributed by atoms with Crippen molar-refractivity contribution in [3.05, 3.63) is 78.1 Å². The monoisotopic (exact) mass is 327 g/mol. The number of H-pyrrole nitrogens is 1. The molecule has 0 aliphatic carbocycles. The molecule has 0 spiro atoms. The summed E-state index contributed by atoms with van der Waals surface area (Å²) in [6.45, 7) is 0.609. The third-order valence-electron chi connectivity index (χ3n) is 4.64. The standard InChI is InChI=1S/C21H17N3O/c1-2-6-14(7-3-1)10-15-13-25-21(23-15)19-11-17-16-8-4-5-9-18(16)24-20(17)12-22-19/h1-9,11-12,15,24H,10,13H2. The van der Waals surface area contributed by atoms with Gasteiger partial charge in [-0.1, -0.05) is 48.5 Å². The van der Waals surface area contributed by atoms with Gasteiger partial charge in [0, 0.05) is 16.3 Å². The highest BCUT2D eigenvalue weighted by Gasteiger charge is 2.22. The third kappa shape index (κ3) is 2.56. The highest BCUT2D eigenvalue weighted by Crippen LogP contribution is 2.26. The minimum absolute atomic E-state index is 0.151. The molecule has 4 nitrogen and oxygen atoms in total. The number of aromatic amines is 1. The minimum Gasteiger partial charge on any atom is -0.474 e. The number of ether oxygens (including phenoxy) is 1. The van der Waals surface area contributed by atoms with Crippen LogP contribution in [0.25, 0.3) is 21.8 Å². The highest BCUT2D eigenvalue weighted by atomic mass is 16.5. The molecular formula is C21H17N3O. The molecule has 0 bridgehead atoms. The number of nitrogens with zero attached hydrogens (tertiary/aromatic N) is 2. The number of para-hydroxylation sites is 1. The van der Waals surface area contributed by atoms with Crippen molar-refractivity contribution in [1.29, 1.82) is 0 Å². The maximum atomic E-state index is 5.84. The molecule has 1 unspecified atom stereocenters. The Kier molecular flexibility index (Phi) is 3.27. The van der Waals surface area contributed by atoms with E-state index in [9.17, 15) is 0 Å². The van der Waals surface area contributed by atoms with Gasteiger partial charge >= 0.3 is 0 Å². The van der Waals surface area contributed by atoms with Gasteiger partial charge in [0.15, 0.2) is 0 Å². The normalized spacial score (nSPS) is 17.0. The SMILES string of the molecule is c1ccc(CC2COC(c3cc4c(cn3)[nH]c3ccccc34)=N2)cc1. The average Bonchev–Trinajstić information content (AvgIpc) is 3.26. The summed E-state index contributed by atoms with van der Waals surface area (Å²) in [6.07, 6.45) is 2.75. The first-order valence-electron chi connectivity index (χ1n) is 8.48. The van der Waals surface area contributed by atoms with Crippen LogP contribution in [0, 0.1) is 0 Å². The summed E-state index contributed by atoms with van der Waals surface area (Å²) in [4.78, 5) is 12.7. The predicted molar refractivity (Wildman–Crippen MR) is 100 cm³/mol. The molecule has 1 aliphatic heterocycles. The Hall–Kier alpha value is -3.14. The summed E-state index contributed by atoms with van der Waals surface area (Å²) in [5.41, 5.74) is 4.23. The van der Waals surface area contributed by atoms with Crippen molar-refractivity contribution >= 4 is 27.7 Å². The van der Waals surface area contributed by atoms with Crippen LogP contribution in [0.3, 0.4) is 0 Å². The van der Waals surface area contributed by atoms with Crippen molar-refractivity contribution < 1.29 is 4.74 Å². The maximum absolute atomic E-state index is 5.84. The van der Waals surface area contributed by atoms with Crippen LogP contribution in [0.4, 0.5) is 0 Å². The van der Waals surface area contributed by atoms with Gasteiger partial charge in [0.2, 0.25) is 5.90 Å². The second kappa shape index (κ2) is 5.74. The van der Waals surface area contributed by atoms with Crippen LogP contribution < -0.4 is 0 Å². The van der Waals surface area contributed by atoms with Crippen molar-refractivity contribution in [3.63, 3.8) is 0 Å². The van der Waals surface area contributed by atoms with Gasteiger partial charge in [-0.2, -0.15) is 0 Å². The Bertz CT molecular complexity index is 1080. The summed E-state index contributed by atoms with van der Waals surface area (Å²) < 4.78 is 5.84. The number of benzene rings is 2. The van der Waals surface area contributed by atoms with E-state index in [1.54, 1.807) is 0 Å². The Labute approximate surface area is 145 Å². The lowest BCUT2D eigenvalue weighted by Crippen LogP contribution is -2.09. The van der Waals surface area contributed by atoms with Crippen LogP contribution in [0.15, 0.2) is 71.9 Å². The van der Waals surface area contributed by atoms with Crippen molar-refractivity contribution in [2.24, 2.45) is 4.99 Å². The zero-order chi connectivity index (χ0) is 16.6. The summed E-state index contributed by atoms with van der Waals surface area (Å²) in [7, 11) is 0. The molecule has 0 saturated carbocycles. The van der Waals surface area contributed by atoms with Crippen molar-refractivity contribution in [3.8, 4) is 0 Å². The first-order valence-corrected chi connectivity index (χ1v) is 8.48. The number of pyridine rings is 1. The largest absolute Gasteiger partial charge is 0.474 e. The fraction of sp³-hybridized carbons (Fsp3) is 0.143. The molecule has 0 radical (unpaired) electrons. The highest BCUT2D eigenvalue weighted by molar-refractivity contribution is 6.09. The molecule has 0 saturated heterocycles. The fourth-order valence-electron chi connectivity index (χ4n) is 3.41. The zero-order valence-corrected chi connectivity index (χ0v) is 13.6. The lowest BCUT2D eigenvalue weighted by molar-refractivity contribution is 0.316. The molecule has 0 amide bonds. The van der Waals surface area contributed by atoms with Crippen molar-refractivity contribution in [1.82, 2.24) is 9.97 Å². The van der Waals surface area contributed by atoms with E-state index in [2.05, 4.69) is 58.5 Å². The van der Waals surface area contributed by atoms with Gasteiger partial charge < -0.3 is 9.72 Å². The lowest BCUT2D eigenvalue weighted by Gasteiger charge is -2.03. The van der Waals surface area contributed by atoms with Gasteiger partial charge in [0.05, 0.1) is 17.8 Å². The molecule has 4 heteroatoms. The van der Waals surface area contributed by atoms with Gasteiger partial charge in [0.25, 0.3) is 0 Å². The number of nitrogens with one attached hydrogen (secondary N) is 1. The van der Waals surface area contributed by atoms with Crippen molar-refractivity contribution in [2.45, 2.75) is 12.5 Å². The molecule has 1 N–H and O–H groups in total. The molecule has 0 fully saturated rings. The summed E-state index contributed by atoms with van der Waals surface area (Å²) >= 11 is 0. The van der Waals surface area contributed by atoms with E-state index in [0.717, 1.165) is 28.5 Å². The van der Waals surface area contributed by atoms with Crippen LogP contribution in [-0.2, 0) is 11.2 Å². The number of aromatic nitrogens is 2. The van der Waals surface area contributed by atoms with E-state index >= 15 is 0 Å². The lowest BCUT2D eigenvalue weighted by atomic mass is 10.1. The van der Waals surface area contributed by atoms with Crippen LogP contribution in [0.2, 0.25) is 0 Å². The number of hydrogen-bond acceptors (Lipinski definition) is 3. The Morgan fingerprint density at radius 2 is 1.80 bits per heavy atom. The second-order valence-corrected chi connectivity index (χ2v) is 6.37. The number of hydrogen-bond donors (Lipinski definition) is 1. The van der Waals surface area contributed by atoms with Gasteiger partial charge in [-0.05, 0) is 24.1 Å². The quantitative estimate of drug-likeness (QED) is 0.616. The number of rotatable bonds is 3. The fourth-order valence-corrected chi connectivity index (χ4v) is 3.41. The molecule has 3 heterocycles. The molecule has 1 aliphatic rings. The second-order valence-electron chi connectivity index (χ2n) is 6.37. The zero-order valence-electron chi connectivity index (χ0n) is 13.6. The summed E-state index contributed by atoms with van der Waals surface area (Å²) in [5.74, 6) is 0.646. The number of aliphatic imine (C=N–C) groups is 1.